The average molecular weight is 450 g/mol. The SMILES string of the molecule is O=C(Nc1nc2cc(NS(=O)(=O)c3ccc(Cl)s3)ccc2s1)c1ccccc1. The number of rotatable bonds is 5. The number of carbonyl (C=O) groups excluding carboxylic acids is 1. The second kappa shape index (κ2) is 7.51. The maximum atomic E-state index is 12.4. The fourth-order valence-electron chi connectivity index (χ4n) is 2.45. The molecule has 10 heteroatoms. The molecule has 2 heterocycles. The van der Waals surface area contributed by atoms with Gasteiger partial charge in [0, 0.05) is 5.56 Å². The molecule has 4 aromatic rings. The monoisotopic (exact) mass is 449 g/mol. The first kappa shape index (κ1) is 18.9. The molecule has 0 spiro atoms. The van der Waals surface area contributed by atoms with Crippen molar-refractivity contribution in [1.82, 2.24) is 4.98 Å². The second-order valence-electron chi connectivity index (χ2n) is 5.69. The van der Waals surface area contributed by atoms with Crippen molar-refractivity contribution in [2.45, 2.75) is 4.21 Å². The van der Waals surface area contributed by atoms with Crippen LogP contribution in [0.25, 0.3) is 10.2 Å². The predicted octanol–water partition coefficient (Wildman–Crippen LogP) is 5.06. The van der Waals surface area contributed by atoms with Gasteiger partial charge in [-0.3, -0.25) is 14.8 Å². The van der Waals surface area contributed by atoms with Crippen LogP contribution < -0.4 is 10.0 Å². The molecular formula is C18H12ClN3O3S3. The van der Waals surface area contributed by atoms with Gasteiger partial charge < -0.3 is 0 Å². The number of carbonyl (C=O) groups is 1. The van der Waals surface area contributed by atoms with Gasteiger partial charge in [0.1, 0.15) is 4.21 Å². The molecule has 0 unspecified atom stereocenters. The number of nitrogens with zero attached hydrogens (tertiary/aromatic N) is 1. The van der Waals surface area contributed by atoms with Crippen molar-refractivity contribution in [1.29, 1.82) is 0 Å². The number of anilines is 2. The summed E-state index contributed by atoms with van der Waals surface area (Å²) >= 11 is 8.11. The number of fused-ring (bicyclic) bond motifs is 1. The molecule has 28 heavy (non-hydrogen) atoms. The van der Waals surface area contributed by atoms with E-state index in [0.717, 1.165) is 16.0 Å². The fraction of sp³-hybridized carbons (Fsp3) is 0. The van der Waals surface area contributed by atoms with Crippen LogP contribution in [-0.2, 0) is 10.0 Å². The highest BCUT2D eigenvalue weighted by Gasteiger charge is 2.17. The van der Waals surface area contributed by atoms with E-state index >= 15 is 0 Å². The zero-order valence-corrected chi connectivity index (χ0v) is 17.3. The number of nitrogens with one attached hydrogen (secondary N) is 2. The Bertz CT molecular complexity index is 1270. The van der Waals surface area contributed by atoms with Gasteiger partial charge in [-0.2, -0.15) is 0 Å². The Kier molecular flexibility index (Phi) is 5.07. The van der Waals surface area contributed by atoms with Crippen molar-refractivity contribution in [3.05, 3.63) is 70.6 Å². The summed E-state index contributed by atoms with van der Waals surface area (Å²) in [6, 6.07) is 16.8. The molecule has 1 amide bonds. The summed E-state index contributed by atoms with van der Waals surface area (Å²) in [5.74, 6) is -0.254. The number of benzene rings is 2. The van der Waals surface area contributed by atoms with Gasteiger partial charge in [0.2, 0.25) is 0 Å². The van der Waals surface area contributed by atoms with Crippen molar-refractivity contribution < 1.29 is 13.2 Å². The Morgan fingerprint density at radius 1 is 1.00 bits per heavy atom. The van der Waals surface area contributed by atoms with Crippen molar-refractivity contribution >= 4 is 71.2 Å². The second-order valence-corrected chi connectivity index (χ2v) is 10.3. The van der Waals surface area contributed by atoms with Crippen LogP contribution in [0, 0.1) is 0 Å². The Morgan fingerprint density at radius 3 is 2.50 bits per heavy atom. The maximum Gasteiger partial charge on any atom is 0.271 e. The van der Waals surface area contributed by atoms with E-state index in [4.69, 9.17) is 11.6 Å². The maximum absolute atomic E-state index is 12.4. The first-order chi connectivity index (χ1) is 13.4. The zero-order valence-electron chi connectivity index (χ0n) is 14.0. The van der Waals surface area contributed by atoms with Gasteiger partial charge in [-0.15, -0.1) is 11.3 Å². The Hall–Kier alpha value is -2.46. The molecule has 0 aliphatic rings. The average Bonchev–Trinajstić information content (AvgIpc) is 3.28. The van der Waals surface area contributed by atoms with Crippen molar-refractivity contribution in [2.24, 2.45) is 0 Å². The van der Waals surface area contributed by atoms with Gasteiger partial charge in [-0.05, 0) is 42.5 Å². The van der Waals surface area contributed by atoms with Gasteiger partial charge in [-0.25, -0.2) is 13.4 Å². The van der Waals surface area contributed by atoms with Crippen LogP contribution in [0.1, 0.15) is 10.4 Å². The van der Waals surface area contributed by atoms with E-state index in [9.17, 15) is 13.2 Å². The number of aromatic nitrogens is 1. The van der Waals surface area contributed by atoms with Gasteiger partial charge in [-0.1, -0.05) is 41.1 Å². The molecule has 2 aromatic heterocycles. The molecule has 0 radical (unpaired) electrons. The van der Waals surface area contributed by atoms with E-state index in [2.05, 4.69) is 15.0 Å². The number of hydrogen-bond acceptors (Lipinski definition) is 6. The molecule has 142 valence electrons. The summed E-state index contributed by atoms with van der Waals surface area (Å²) in [5.41, 5.74) is 1.49. The number of sulfonamides is 1. The van der Waals surface area contributed by atoms with E-state index in [1.54, 1.807) is 42.5 Å². The lowest BCUT2D eigenvalue weighted by atomic mass is 10.2. The number of halogens is 1. The minimum atomic E-state index is -3.72. The number of thiazole rings is 1. The summed E-state index contributed by atoms with van der Waals surface area (Å²) in [7, 11) is -3.72. The molecule has 4 rings (SSSR count). The molecule has 0 bridgehead atoms. The van der Waals surface area contributed by atoms with Gasteiger partial charge in [0.15, 0.2) is 5.13 Å². The van der Waals surface area contributed by atoms with Crippen LogP contribution in [0.3, 0.4) is 0 Å². The lowest BCUT2D eigenvalue weighted by Crippen LogP contribution is -2.11. The molecule has 0 aliphatic carbocycles. The minimum absolute atomic E-state index is 0.131. The quantitative estimate of drug-likeness (QED) is 0.445. The molecule has 0 saturated heterocycles. The highest BCUT2D eigenvalue weighted by atomic mass is 35.5. The summed E-state index contributed by atoms with van der Waals surface area (Å²) in [6.45, 7) is 0. The van der Waals surface area contributed by atoms with Crippen LogP contribution in [0.2, 0.25) is 4.34 Å². The molecule has 0 saturated carbocycles. The van der Waals surface area contributed by atoms with Gasteiger partial charge in [0.05, 0.1) is 20.2 Å². The molecule has 0 atom stereocenters. The third kappa shape index (κ3) is 4.02. The van der Waals surface area contributed by atoms with Gasteiger partial charge >= 0.3 is 0 Å². The van der Waals surface area contributed by atoms with Crippen LogP contribution in [0.5, 0.6) is 0 Å². The van der Waals surface area contributed by atoms with Crippen LogP contribution in [0.15, 0.2) is 64.9 Å². The molecule has 0 fully saturated rings. The van der Waals surface area contributed by atoms with Gasteiger partial charge in [0.25, 0.3) is 15.9 Å². The molecule has 2 aromatic carbocycles. The predicted molar refractivity (Wildman–Crippen MR) is 114 cm³/mol. The highest BCUT2D eigenvalue weighted by molar-refractivity contribution is 7.94. The first-order valence-corrected chi connectivity index (χ1v) is 11.5. The van der Waals surface area contributed by atoms with E-state index in [1.165, 1.54) is 23.5 Å². The van der Waals surface area contributed by atoms with Crippen molar-refractivity contribution in [2.75, 3.05) is 10.0 Å². The van der Waals surface area contributed by atoms with Crippen LogP contribution in [-0.4, -0.2) is 19.3 Å². The third-order valence-electron chi connectivity index (χ3n) is 3.71. The Balaban J connectivity index is 1.56. The standard InChI is InChI=1S/C18H12ClN3O3S3/c19-15-8-9-16(27-15)28(24,25)22-12-6-7-14-13(10-12)20-18(26-14)21-17(23)11-4-2-1-3-5-11/h1-10,22H,(H,20,21,23). The first-order valence-electron chi connectivity index (χ1n) is 7.96. The van der Waals surface area contributed by atoms with E-state index in [-0.39, 0.29) is 10.1 Å². The number of hydrogen-bond donors (Lipinski definition) is 2. The molecule has 0 aliphatic heterocycles. The largest absolute Gasteiger partial charge is 0.298 e. The molecule has 2 N–H and O–H groups in total. The summed E-state index contributed by atoms with van der Waals surface area (Å²) < 4.78 is 28.7. The Labute approximate surface area is 173 Å². The number of amides is 1. The Morgan fingerprint density at radius 2 is 1.79 bits per heavy atom. The van der Waals surface area contributed by atoms with Crippen molar-refractivity contribution in [3.8, 4) is 0 Å². The third-order valence-corrected chi connectivity index (χ3v) is 7.77. The van der Waals surface area contributed by atoms with Crippen LogP contribution >= 0.6 is 34.3 Å². The lowest BCUT2D eigenvalue weighted by molar-refractivity contribution is 0.102. The van der Waals surface area contributed by atoms with Crippen LogP contribution in [0.4, 0.5) is 10.8 Å². The normalized spacial score (nSPS) is 11.5. The van der Waals surface area contributed by atoms with E-state index < -0.39 is 10.0 Å². The molecule has 6 nitrogen and oxygen atoms in total. The van der Waals surface area contributed by atoms with Crippen molar-refractivity contribution in [3.63, 3.8) is 0 Å². The topological polar surface area (TPSA) is 88.2 Å². The highest BCUT2D eigenvalue weighted by Crippen LogP contribution is 2.31. The smallest absolute Gasteiger partial charge is 0.271 e. The fourth-order valence-corrected chi connectivity index (χ4v) is 5.82. The number of thiophene rings is 1. The summed E-state index contributed by atoms with van der Waals surface area (Å²) in [5, 5.41) is 3.20. The minimum Gasteiger partial charge on any atom is -0.298 e. The molecular weight excluding hydrogens is 438 g/mol. The lowest BCUT2D eigenvalue weighted by Gasteiger charge is -2.05. The zero-order chi connectivity index (χ0) is 19.7. The van der Waals surface area contributed by atoms with E-state index in [1.807, 2.05) is 6.07 Å². The van der Waals surface area contributed by atoms with E-state index in [0.29, 0.717) is 26.2 Å². The summed E-state index contributed by atoms with van der Waals surface area (Å²) in [6.07, 6.45) is 0. The summed E-state index contributed by atoms with van der Waals surface area (Å²) in [4.78, 5) is 16.6.